The number of nitrogens with zero attached hydrogens (tertiary/aromatic N) is 1. The van der Waals surface area contributed by atoms with Gasteiger partial charge in [-0.3, -0.25) is 4.79 Å². The van der Waals surface area contributed by atoms with Crippen LogP contribution in [0.15, 0.2) is 42.5 Å². The molecule has 0 aliphatic heterocycles. The average Bonchev–Trinajstić information content (AvgIpc) is 2.48. The van der Waals surface area contributed by atoms with E-state index in [1.165, 1.54) is 5.56 Å². The smallest absolute Gasteiger partial charge is 0.251 e. The zero-order chi connectivity index (χ0) is 16.1. The maximum Gasteiger partial charge on any atom is 0.251 e. The van der Waals surface area contributed by atoms with Gasteiger partial charge < -0.3 is 10.2 Å². The van der Waals surface area contributed by atoms with Gasteiger partial charge in [0.1, 0.15) is 0 Å². The van der Waals surface area contributed by atoms with Crippen LogP contribution in [0.5, 0.6) is 0 Å². The third kappa shape index (κ3) is 3.95. The van der Waals surface area contributed by atoms with Crippen molar-refractivity contribution in [1.82, 2.24) is 10.2 Å². The number of carbonyl (C=O) groups excluding carboxylic acids is 1. The Hall–Kier alpha value is -2.13. The van der Waals surface area contributed by atoms with Crippen LogP contribution in [0.25, 0.3) is 0 Å². The molecule has 0 radical (unpaired) electrons. The summed E-state index contributed by atoms with van der Waals surface area (Å²) < 4.78 is 0. The van der Waals surface area contributed by atoms with Crippen LogP contribution in [0.4, 0.5) is 0 Å². The largest absolute Gasteiger partial charge is 0.348 e. The molecule has 0 heterocycles. The van der Waals surface area contributed by atoms with Crippen molar-refractivity contribution in [3.05, 3.63) is 70.3 Å². The summed E-state index contributed by atoms with van der Waals surface area (Å²) in [4.78, 5) is 14.5. The number of rotatable bonds is 5. The maximum absolute atomic E-state index is 12.4. The molecule has 0 spiro atoms. The number of hydrogen-bond acceptors (Lipinski definition) is 2. The molecule has 0 aliphatic carbocycles. The fourth-order valence-corrected chi connectivity index (χ4v) is 2.49. The first-order valence-corrected chi connectivity index (χ1v) is 7.55. The first-order chi connectivity index (χ1) is 10.5. The van der Waals surface area contributed by atoms with Gasteiger partial charge in [0.05, 0.1) is 0 Å². The zero-order valence-corrected chi connectivity index (χ0v) is 13.8. The van der Waals surface area contributed by atoms with Crippen LogP contribution < -0.4 is 5.32 Å². The van der Waals surface area contributed by atoms with Crippen LogP contribution in [0.2, 0.25) is 0 Å². The van der Waals surface area contributed by atoms with Crippen LogP contribution in [-0.2, 0) is 13.1 Å². The Labute approximate surface area is 133 Å². The zero-order valence-electron chi connectivity index (χ0n) is 13.8. The molecule has 0 aromatic heterocycles. The van der Waals surface area contributed by atoms with Gasteiger partial charge in [-0.15, -0.1) is 0 Å². The van der Waals surface area contributed by atoms with Gasteiger partial charge in [-0.2, -0.15) is 0 Å². The Balaban J connectivity index is 2.10. The highest BCUT2D eigenvalue weighted by atomic mass is 16.1. The summed E-state index contributed by atoms with van der Waals surface area (Å²) in [5.41, 5.74) is 5.34. The predicted molar refractivity (Wildman–Crippen MR) is 90.9 cm³/mol. The van der Waals surface area contributed by atoms with Crippen LogP contribution in [0, 0.1) is 13.8 Å². The van der Waals surface area contributed by atoms with Crippen molar-refractivity contribution in [3.8, 4) is 0 Å². The average molecular weight is 296 g/mol. The normalized spacial score (nSPS) is 10.8. The number of carbonyl (C=O) groups is 1. The molecule has 3 nitrogen and oxygen atoms in total. The number of benzene rings is 2. The Bertz CT molecular complexity index is 662. The SMILES string of the molecule is Cc1cccc(C(=O)NCc2ccccc2CN(C)C)c1C. The van der Waals surface area contributed by atoms with E-state index >= 15 is 0 Å². The first-order valence-electron chi connectivity index (χ1n) is 7.55. The molecule has 0 aliphatic rings. The van der Waals surface area contributed by atoms with Gasteiger partial charge >= 0.3 is 0 Å². The fraction of sp³-hybridized carbons (Fsp3) is 0.316. The number of nitrogens with one attached hydrogen (secondary N) is 1. The van der Waals surface area contributed by atoms with Gasteiger partial charge in [-0.05, 0) is 56.3 Å². The molecule has 22 heavy (non-hydrogen) atoms. The second-order valence-electron chi connectivity index (χ2n) is 5.94. The Morgan fingerprint density at radius 3 is 2.36 bits per heavy atom. The fourth-order valence-electron chi connectivity index (χ4n) is 2.49. The van der Waals surface area contributed by atoms with E-state index in [-0.39, 0.29) is 5.91 Å². The van der Waals surface area contributed by atoms with Gasteiger partial charge in [0.15, 0.2) is 0 Å². The van der Waals surface area contributed by atoms with Crippen molar-refractivity contribution in [2.45, 2.75) is 26.9 Å². The molecule has 2 aromatic rings. The predicted octanol–water partition coefficient (Wildman–Crippen LogP) is 3.30. The number of aryl methyl sites for hydroxylation is 1. The van der Waals surface area contributed by atoms with E-state index in [2.05, 4.69) is 22.3 Å². The molecule has 0 unspecified atom stereocenters. The Morgan fingerprint density at radius 1 is 1.00 bits per heavy atom. The van der Waals surface area contributed by atoms with Crippen LogP contribution in [0.3, 0.4) is 0 Å². The van der Waals surface area contributed by atoms with Crippen molar-refractivity contribution in [3.63, 3.8) is 0 Å². The van der Waals surface area contributed by atoms with Gasteiger partial charge in [0.25, 0.3) is 5.91 Å². The van der Waals surface area contributed by atoms with Crippen molar-refractivity contribution >= 4 is 5.91 Å². The summed E-state index contributed by atoms with van der Waals surface area (Å²) in [6, 6.07) is 14.1. The first kappa shape index (κ1) is 16.2. The van der Waals surface area contributed by atoms with Crippen molar-refractivity contribution in [1.29, 1.82) is 0 Å². The third-order valence-electron chi connectivity index (χ3n) is 3.89. The Morgan fingerprint density at radius 2 is 1.68 bits per heavy atom. The van der Waals surface area contributed by atoms with E-state index in [9.17, 15) is 4.79 Å². The molecule has 2 aromatic carbocycles. The molecule has 0 saturated heterocycles. The van der Waals surface area contributed by atoms with Crippen LogP contribution in [-0.4, -0.2) is 24.9 Å². The quantitative estimate of drug-likeness (QED) is 0.918. The molecular weight excluding hydrogens is 272 g/mol. The lowest BCUT2D eigenvalue weighted by atomic mass is 10.0. The molecule has 1 amide bonds. The van der Waals surface area contributed by atoms with Crippen molar-refractivity contribution in [2.75, 3.05) is 14.1 Å². The van der Waals surface area contributed by atoms with E-state index in [0.717, 1.165) is 28.8 Å². The lowest BCUT2D eigenvalue weighted by Gasteiger charge is -2.15. The lowest BCUT2D eigenvalue weighted by molar-refractivity contribution is 0.0950. The summed E-state index contributed by atoms with van der Waals surface area (Å²) in [7, 11) is 4.09. The van der Waals surface area contributed by atoms with E-state index < -0.39 is 0 Å². The van der Waals surface area contributed by atoms with E-state index in [1.807, 2.05) is 58.3 Å². The van der Waals surface area contributed by atoms with Crippen molar-refractivity contribution in [2.24, 2.45) is 0 Å². The monoisotopic (exact) mass is 296 g/mol. The second kappa shape index (κ2) is 7.23. The van der Waals surface area contributed by atoms with E-state index in [4.69, 9.17) is 0 Å². The summed E-state index contributed by atoms with van der Waals surface area (Å²) >= 11 is 0. The highest BCUT2D eigenvalue weighted by molar-refractivity contribution is 5.95. The van der Waals surface area contributed by atoms with Gasteiger partial charge in [0.2, 0.25) is 0 Å². The van der Waals surface area contributed by atoms with Crippen molar-refractivity contribution < 1.29 is 4.79 Å². The minimum absolute atomic E-state index is 0.0131. The summed E-state index contributed by atoms with van der Waals surface area (Å²) in [5.74, 6) is -0.0131. The third-order valence-corrected chi connectivity index (χ3v) is 3.89. The topological polar surface area (TPSA) is 32.3 Å². The molecular formula is C19H24N2O. The summed E-state index contributed by atoms with van der Waals surface area (Å²) in [6.07, 6.45) is 0. The van der Waals surface area contributed by atoms with Gasteiger partial charge in [-0.1, -0.05) is 36.4 Å². The summed E-state index contributed by atoms with van der Waals surface area (Å²) in [5, 5.41) is 3.04. The van der Waals surface area contributed by atoms with Gasteiger partial charge in [-0.25, -0.2) is 0 Å². The van der Waals surface area contributed by atoms with Crippen LogP contribution in [0.1, 0.15) is 32.6 Å². The minimum Gasteiger partial charge on any atom is -0.348 e. The lowest BCUT2D eigenvalue weighted by Crippen LogP contribution is -2.25. The molecule has 3 heteroatoms. The molecule has 0 saturated carbocycles. The van der Waals surface area contributed by atoms with E-state index in [0.29, 0.717) is 6.54 Å². The highest BCUT2D eigenvalue weighted by Gasteiger charge is 2.10. The number of hydrogen-bond donors (Lipinski definition) is 1. The minimum atomic E-state index is -0.0131. The maximum atomic E-state index is 12.4. The van der Waals surface area contributed by atoms with Gasteiger partial charge in [0, 0.05) is 18.7 Å². The molecule has 0 fully saturated rings. The molecule has 0 bridgehead atoms. The molecule has 116 valence electrons. The second-order valence-corrected chi connectivity index (χ2v) is 5.94. The Kier molecular flexibility index (Phi) is 5.34. The summed E-state index contributed by atoms with van der Waals surface area (Å²) in [6.45, 7) is 5.44. The molecule has 2 rings (SSSR count). The van der Waals surface area contributed by atoms with E-state index in [1.54, 1.807) is 0 Å². The standard InChI is InChI=1S/C19H24N2O/c1-14-8-7-11-18(15(14)2)19(22)20-12-16-9-5-6-10-17(16)13-21(3)4/h5-11H,12-13H2,1-4H3,(H,20,22). The molecule has 0 atom stereocenters. The highest BCUT2D eigenvalue weighted by Crippen LogP contribution is 2.14. The number of amides is 1. The van der Waals surface area contributed by atoms with Crippen LogP contribution >= 0.6 is 0 Å². The molecule has 1 N–H and O–H groups in total.